The van der Waals surface area contributed by atoms with Crippen LogP contribution in [0.1, 0.15) is 51.1 Å². The number of aryl methyl sites for hydroxylation is 1. The summed E-state index contributed by atoms with van der Waals surface area (Å²) in [5.41, 5.74) is 4.32. The van der Waals surface area contributed by atoms with Crippen LogP contribution in [0.25, 0.3) is 11.3 Å². The summed E-state index contributed by atoms with van der Waals surface area (Å²) in [6, 6.07) is 7.93. The van der Waals surface area contributed by atoms with E-state index in [0.717, 1.165) is 0 Å². The average Bonchev–Trinajstić information content (AvgIpc) is 3.24. The number of carbonyl (C=O) groups is 1. The molecule has 10 heteroatoms. The first-order valence-corrected chi connectivity index (χ1v) is 10.6. The highest BCUT2D eigenvalue weighted by molar-refractivity contribution is 6.05. The highest BCUT2D eigenvalue weighted by atomic mass is 19.1. The lowest BCUT2D eigenvalue weighted by atomic mass is 10.0. The largest absolute Gasteiger partial charge is 0.334 e. The Bertz CT molecular complexity index is 1180. The van der Waals surface area contributed by atoms with Crippen molar-refractivity contribution in [3.63, 3.8) is 0 Å². The van der Waals surface area contributed by atoms with E-state index in [-0.39, 0.29) is 30.6 Å². The number of aromatic nitrogens is 3. The number of amidine groups is 1. The van der Waals surface area contributed by atoms with E-state index in [9.17, 15) is 9.18 Å². The number of nitrogens with two attached hydrogens (primary N) is 1. The lowest BCUT2D eigenvalue weighted by Crippen LogP contribution is -2.49. The van der Waals surface area contributed by atoms with Crippen LogP contribution in [0.4, 0.5) is 16.0 Å². The van der Waals surface area contributed by atoms with Gasteiger partial charge in [-0.3, -0.25) is 16.0 Å². The molecule has 176 valence electrons. The number of rotatable bonds is 7. The smallest absolute Gasteiger partial charge is 0.259 e. The first-order chi connectivity index (χ1) is 15.6. The standard InChI is InChI=1S/C23H29FN8O.H2/c1-13(2)22(25)32(30-26)21-8-6-7-20(28-21)29-23(33)17-10-16(15(5)9-18(17)24)19-11-31(12-27-19)14(3)4;/h6-14,25,30H,26H2,1-5H3,(H,28,29,33);1H. The zero-order chi connectivity index (χ0) is 24.3. The van der Waals surface area contributed by atoms with Gasteiger partial charge in [0.1, 0.15) is 17.5 Å². The molecule has 9 nitrogen and oxygen atoms in total. The number of hydrogen-bond donors (Lipinski definition) is 4. The van der Waals surface area contributed by atoms with Crippen molar-refractivity contribution in [1.82, 2.24) is 20.1 Å². The Morgan fingerprint density at radius 1 is 1.27 bits per heavy atom. The highest BCUT2D eigenvalue weighted by Gasteiger charge is 2.19. The van der Waals surface area contributed by atoms with E-state index in [4.69, 9.17) is 11.3 Å². The quantitative estimate of drug-likeness (QED) is 0.183. The van der Waals surface area contributed by atoms with Crippen molar-refractivity contribution in [2.24, 2.45) is 11.8 Å². The van der Waals surface area contributed by atoms with Gasteiger partial charge in [0, 0.05) is 25.1 Å². The Morgan fingerprint density at radius 2 is 2.00 bits per heavy atom. The lowest BCUT2D eigenvalue weighted by molar-refractivity contribution is 0.102. The van der Waals surface area contributed by atoms with E-state index in [1.54, 1.807) is 31.5 Å². The van der Waals surface area contributed by atoms with E-state index < -0.39 is 11.7 Å². The van der Waals surface area contributed by atoms with E-state index in [0.29, 0.717) is 22.6 Å². The molecule has 5 N–H and O–H groups in total. The van der Waals surface area contributed by atoms with Gasteiger partial charge in [-0.2, -0.15) is 5.53 Å². The summed E-state index contributed by atoms with van der Waals surface area (Å²) in [5.74, 6) is 4.88. The zero-order valence-electron chi connectivity index (χ0n) is 19.3. The predicted molar refractivity (Wildman–Crippen MR) is 129 cm³/mol. The van der Waals surface area contributed by atoms with Crippen LogP contribution in [0.3, 0.4) is 0 Å². The van der Waals surface area contributed by atoms with E-state index in [1.165, 1.54) is 17.1 Å². The minimum atomic E-state index is -0.645. The summed E-state index contributed by atoms with van der Waals surface area (Å²) in [6.45, 7) is 9.54. The first-order valence-electron chi connectivity index (χ1n) is 10.6. The van der Waals surface area contributed by atoms with Crippen LogP contribution in [0.2, 0.25) is 0 Å². The van der Waals surface area contributed by atoms with E-state index >= 15 is 0 Å². The highest BCUT2D eigenvalue weighted by Crippen LogP contribution is 2.26. The van der Waals surface area contributed by atoms with Crippen LogP contribution < -0.4 is 21.7 Å². The monoisotopic (exact) mass is 454 g/mol. The fraction of sp³-hybridized carbons (Fsp3) is 0.304. The number of halogens is 1. The molecule has 2 heterocycles. The number of imidazole rings is 1. The predicted octanol–water partition coefficient (Wildman–Crippen LogP) is 4.29. The molecule has 0 unspecified atom stereocenters. The molecule has 0 fully saturated rings. The van der Waals surface area contributed by atoms with Gasteiger partial charge in [-0.25, -0.2) is 19.4 Å². The van der Waals surface area contributed by atoms with Gasteiger partial charge in [-0.05, 0) is 50.6 Å². The molecule has 0 saturated heterocycles. The normalized spacial score (nSPS) is 11.2. The third-order valence-corrected chi connectivity index (χ3v) is 5.15. The van der Waals surface area contributed by atoms with Crippen molar-refractivity contribution in [3.8, 4) is 11.3 Å². The molecule has 0 spiro atoms. The lowest BCUT2D eigenvalue weighted by Gasteiger charge is -2.24. The van der Waals surface area contributed by atoms with Crippen LogP contribution >= 0.6 is 0 Å². The van der Waals surface area contributed by atoms with Crippen molar-refractivity contribution < 1.29 is 10.6 Å². The first kappa shape index (κ1) is 24.0. The number of carbonyl (C=O) groups excluding carboxylic acids is 1. The number of nitrogens with one attached hydrogen (secondary N) is 3. The Labute approximate surface area is 193 Å². The Kier molecular flexibility index (Phi) is 7.19. The van der Waals surface area contributed by atoms with Crippen LogP contribution in [0.15, 0.2) is 42.9 Å². The van der Waals surface area contributed by atoms with Gasteiger partial charge >= 0.3 is 0 Å². The van der Waals surface area contributed by atoms with Crippen molar-refractivity contribution in [3.05, 3.63) is 59.8 Å². The molecule has 0 atom stereocenters. The molecule has 0 saturated carbocycles. The van der Waals surface area contributed by atoms with Gasteiger partial charge in [-0.15, -0.1) is 0 Å². The topological polar surface area (TPSA) is 125 Å². The fourth-order valence-corrected chi connectivity index (χ4v) is 3.20. The summed E-state index contributed by atoms with van der Waals surface area (Å²) in [7, 11) is 0. The van der Waals surface area contributed by atoms with Crippen LogP contribution in [0, 0.1) is 24.1 Å². The number of amides is 1. The summed E-state index contributed by atoms with van der Waals surface area (Å²) < 4.78 is 16.7. The van der Waals surface area contributed by atoms with Gasteiger partial charge in [0.05, 0.1) is 17.6 Å². The number of nitrogens with zero attached hydrogens (tertiary/aromatic N) is 4. The second kappa shape index (κ2) is 9.88. The maximum atomic E-state index is 14.7. The van der Waals surface area contributed by atoms with Gasteiger partial charge in [-0.1, -0.05) is 19.9 Å². The van der Waals surface area contributed by atoms with E-state index in [1.807, 2.05) is 38.5 Å². The molecule has 3 aromatic rings. The molecule has 0 bridgehead atoms. The summed E-state index contributed by atoms with van der Waals surface area (Å²) in [6.07, 6.45) is 3.58. The second-order valence-electron chi connectivity index (χ2n) is 8.29. The molecule has 33 heavy (non-hydrogen) atoms. The van der Waals surface area contributed by atoms with Gasteiger partial charge in [0.25, 0.3) is 5.91 Å². The van der Waals surface area contributed by atoms with E-state index in [2.05, 4.69) is 20.8 Å². The number of pyridine rings is 1. The molecule has 3 rings (SSSR count). The van der Waals surface area contributed by atoms with Gasteiger partial charge in [0.15, 0.2) is 5.82 Å². The summed E-state index contributed by atoms with van der Waals surface area (Å²) in [4.78, 5) is 21.7. The molecule has 1 aromatic carbocycles. The Morgan fingerprint density at radius 3 is 2.61 bits per heavy atom. The number of benzene rings is 1. The van der Waals surface area contributed by atoms with Crippen molar-refractivity contribution in [2.45, 2.75) is 40.7 Å². The SMILES string of the molecule is Cc1cc(F)c(C(=O)Nc2cccc(N(NN)C(=N)C(C)C)n2)cc1-c1cn(C(C)C)cn1.[HH]. The molecule has 0 aliphatic heterocycles. The van der Waals surface area contributed by atoms with Gasteiger partial charge < -0.3 is 9.88 Å². The number of hydrazine groups is 2. The van der Waals surface area contributed by atoms with Crippen LogP contribution in [0.5, 0.6) is 0 Å². The fourth-order valence-electron chi connectivity index (χ4n) is 3.20. The number of hydrogen-bond acceptors (Lipinski definition) is 6. The second-order valence-corrected chi connectivity index (χ2v) is 8.29. The van der Waals surface area contributed by atoms with Crippen LogP contribution in [-0.4, -0.2) is 26.3 Å². The summed E-state index contributed by atoms with van der Waals surface area (Å²) >= 11 is 0. The average molecular weight is 455 g/mol. The maximum absolute atomic E-state index is 14.7. The molecule has 0 aliphatic rings. The van der Waals surface area contributed by atoms with Crippen molar-refractivity contribution in [1.29, 1.82) is 5.41 Å². The van der Waals surface area contributed by atoms with Gasteiger partial charge in [0.2, 0.25) is 0 Å². The minimum absolute atomic E-state index is 0. The third kappa shape index (κ3) is 5.24. The Hall–Kier alpha value is -3.63. The van der Waals surface area contributed by atoms with Crippen molar-refractivity contribution in [2.75, 3.05) is 10.3 Å². The molecular weight excluding hydrogens is 423 g/mol. The Balaban J connectivity index is 0.00000408. The third-order valence-electron chi connectivity index (χ3n) is 5.15. The van der Waals surface area contributed by atoms with Crippen LogP contribution in [-0.2, 0) is 0 Å². The van der Waals surface area contributed by atoms with Crippen molar-refractivity contribution >= 4 is 23.4 Å². The number of anilines is 2. The summed E-state index contributed by atoms with van der Waals surface area (Å²) in [5, 5.41) is 12.1. The molecule has 1 amide bonds. The molecule has 0 radical (unpaired) electrons. The molecule has 0 aliphatic carbocycles. The molecule has 2 aromatic heterocycles. The minimum Gasteiger partial charge on any atom is -0.334 e. The maximum Gasteiger partial charge on any atom is 0.259 e. The zero-order valence-corrected chi connectivity index (χ0v) is 19.3. The molecular formula is C23H31FN8O.